The van der Waals surface area contributed by atoms with Crippen LogP contribution in [0.25, 0.3) is 0 Å². The number of carboxylic acids is 1. The lowest BCUT2D eigenvalue weighted by molar-refractivity contribution is -0.134. The van der Waals surface area contributed by atoms with E-state index in [0.717, 1.165) is 31.1 Å². The van der Waals surface area contributed by atoms with Crippen molar-refractivity contribution in [3.05, 3.63) is 29.8 Å². The molecule has 0 spiro atoms. The van der Waals surface area contributed by atoms with Gasteiger partial charge in [-0.15, -0.1) is 0 Å². The summed E-state index contributed by atoms with van der Waals surface area (Å²) in [4.78, 5) is 20.8. The number of carbonyl (C=O) groups excluding carboxylic acids is 1. The van der Waals surface area contributed by atoms with Gasteiger partial charge < -0.3 is 15.7 Å². The molecule has 5 heteroatoms. The molecule has 112 valence electrons. The predicted molar refractivity (Wildman–Crippen MR) is 80.9 cm³/mol. The number of aliphatic carboxylic acids is 1. The van der Waals surface area contributed by atoms with Gasteiger partial charge in [0.1, 0.15) is 0 Å². The van der Waals surface area contributed by atoms with E-state index in [1.807, 2.05) is 38.1 Å². The number of nitrogens with one attached hydrogen (secondary N) is 2. The Labute approximate surface area is 120 Å². The minimum atomic E-state index is -0.833. The lowest BCUT2D eigenvalue weighted by atomic mass is 10.2. The molecule has 0 aliphatic carbocycles. The molecule has 0 aliphatic rings. The molecule has 1 atom stereocenters. The van der Waals surface area contributed by atoms with Gasteiger partial charge in [0.25, 0.3) is 5.97 Å². The monoisotopic (exact) mass is 280 g/mol. The molecule has 1 amide bonds. The quantitative estimate of drug-likeness (QED) is 0.774. The summed E-state index contributed by atoms with van der Waals surface area (Å²) in [5.41, 5.74) is 1.97. The van der Waals surface area contributed by atoms with E-state index in [4.69, 9.17) is 9.90 Å². The molecular weight excluding hydrogens is 256 g/mol. The molecule has 1 aromatic rings. The van der Waals surface area contributed by atoms with E-state index in [9.17, 15) is 4.79 Å². The number of hydrogen-bond acceptors (Lipinski definition) is 3. The standard InChI is InChI=1S/C13H20N2O.C2H4O2/c1-4-9-14-11(3)13(16)15-12-8-6-5-7-10(12)2;1-2(3)4/h5-8,11,14H,4,9H2,1-3H3,(H,15,16);1H3,(H,3,4). The first kappa shape index (κ1) is 18.1. The summed E-state index contributed by atoms with van der Waals surface area (Å²) in [7, 11) is 0. The van der Waals surface area contributed by atoms with Crippen LogP contribution in [-0.4, -0.2) is 29.6 Å². The van der Waals surface area contributed by atoms with Crippen LogP contribution >= 0.6 is 0 Å². The molecule has 0 saturated carbocycles. The highest BCUT2D eigenvalue weighted by Gasteiger charge is 2.12. The third-order valence-electron chi connectivity index (χ3n) is 2.50. The van der Waals surface area contributed by atoms with Crippen molar-refractivity contribution in [2.24, 2.45) is 0 Å². The number of carbonyl (C=O) groups is 2. The first-order valence-electron chi connectivity index (χ1n) is 6.67. The fourth-order valence-corrected chi connectivity index (χ4v) is 1.41. The Kier molecular flexibility index (Phi) is 9.04. The second-order valence-corrected chi connectivity index (χ2v) is 4.50. The van der Waals surface area contributed by atoms with Gasteiger partial charge in [0, 0.05) is 12.6 Å². The summed E-state index contributed by atoms with van der Waals surface area (Å²) in [6, 6.07) is 7.63. The first-order valence-corrected chi connectivity index (χ1v) is 6.67. The van der Waals surface area contributed by atoms with E-state index >= 15 is 0 Å². The average molecular weight is 280 g/mol. The normalized spacial score (nSPS) is 11.0. The van der Waals surface area contributed by atoms with Crippen LogP contribution in [0.5, 0.6) is 0 Å². The number of rotatable bonds is 5. The van der Waals surface area contributed by atoms with Crippen LogP contribution in [0, 0.1) is 6.92 Å². The van der Waals surface area contributed by atoms with Gasteiger partial charge in [-0.25, -0.2) is 0 Å². The Bertz CT molecular complexity index is 429. The van der Waals surface area contributed by atoms with E-state index in [2.05, 4.69) is 17.6 Å². The van der Waals surface area contributed by atoms with Gasteiger partial charge in [0.2, 0.25) is 5.91 Å². The molecule has 1 aromatic carbocycles. The number of anilines is 1. The third kappa shape index (κ3) is 8.26. The van der Waals surface area contributed by atoms with Crippen molar-refractivity contribution in [3.63, 3.8) is 0 Å². The highest BCUT2D eigenvalue weighted by Crippen LogP contribution is 2.13. The number of carboxylic acid groups (broad SMARTS) is 1. The Balaban J connectivity index is 0.000000796. The van der Waals surface area contributed by atoms with Crippen LogP contribution in [0.4, 0.5) is 5.69 Å². The molecule has 0 radical (unpaired) electrons. The number of amides is 1. The van der Waals surface area contributed by atoms with Gasteiger partial charge in [-0.05, 0) is 38.4 Å². The van der Waals surface area contributed by atoms with Crippen molar-refractivity contribution in [3.8, 4) is 0 Å². The van der Waals surface area contributed by atoms with Crippen LogP contribution in [0.1, 0.15) is 32.8 Å². The Morgan fingerprint density at radius 2 is 1.85 bits per heavy atom. The number of benzene rings is 1. The Morgan fingerprint density at radius 3 is 2.35 bits per heavy atom. The molecule has 0 aliphatic heterocycles. The SMILES string of the molecule is CC(=O)O.CCCNC(C)C(=O)Nc1ccccc1C. The zero-order valence-electron chi connectivity index (χ0n) is 12.6. The lowest BCUT2D eigenvalue weighted by Crippen LogP contribution is -2.38. The van der Waals surface area contributed by atoms with Crippen LogP contribution in [0.2, 0.25) is 0 Å². The maximum absolute atomic E-state index is 11.8. The van der Waals surface area contributed by atoms with E-state index in [0.29, 0.717) is 0 Å². The van der Waals surface area contributed by atoms with Crippen LogP contribution in [0.3, 0.4) is 0 Å². The Hall–Kier alpha value is -1.88. The second kappa shape index (κ2) is 9.97. The largest absolute Gasteiger partial charge is 0.481 e. The van der Waals surface area contributed by atoms with E-state index in [-0.39, 0.29) is 11.9 Å². The van der Waals surface area contributed by atoms with Crippen molar-refractivity contribution < 1.29 is 14.7 Å². The zero-order chi connectivity index (χ0) is 15.5. The summed E-state index contributed by atoms with van der Waals surface area (Å²) >= 11 is 0. The predicted octanol–water partition coefficient (Wildman–Crippen LogP) is 2.41. The minimum absolute atomic E-state index is 0.0164. The molecule has 0 saturated heterocycles. The summed E-state index contributed by atoms with van der Waals surface area (Å²) < 4.78 is 0. The smallest absolute Gasteiger partial charge is 0.300 e. The molecule has 3 N–H and O–H groups in total. The topological polar surface area (TPSA) is 78.4 Å². The molecular formula is C15H24N2O3. The fourth-order valence-electron chi connectivity index (χ4n) is 1.41. The molecule has 0 bridgehead atoms. The second-order valence-electron chi connectivity index (χ2n) is 4.50. The Morgan fingerprint density at radius 1 is 1.30 bits per heavy atom. The summed E-state index contributed by atoms with van der Waals surface area (Å²) in [6.45, 7) is 7.89. The van der Waals surface area contributed by atoms with Crippen molar-refractivity contribution in [1.82, 2.24) is 5.32 Å². The van der Waals surface area contributed by atoms with E-state index in [1.54, 1.807) is 0 Å². The van der Waals surface area contributed by atoms with Gasteiger partial charge in [-0.3, -0.25) is 9.59 Å². The van der Waals surface area contributed by atoms with Gasteiger partial charge in [0.05, 0.1) is 6.04 Å². The van der Waals surface area contributed by atoms with Crippen molar-refractivity contribution in [2.45, 2.75) is 40.2 Å². The lowest BCUT2D eigenvalue weighted by Gasteiger charge is -2.14. The van der Waals surface area contributed by atoms with Crippen LogP contribution in [0.15, 0.2) is 24.3 Å². The molecule has 20 heavy (non-hydrogen) atoms. The van der Waals surface area contributed by atoms with Crippen molar-refractivity contribution in [2.75, 3.05) is 11.9 Å². The maximum Gasteiger partial charge on any atom is 0.300 e. The summed E-state index contributed by atoms with van der Waals surface area (Å²) in [6.07, 6.45) is 1.03. The van der Waals surface area contributed by atoms with Gasteiger partial charge in [-0.1, -0.05) is 25.1 Å². The molecule has 1 unspecified atom stereocenters. The fraction of sp³-hybridized carbons (Fsp3) is 0.467. The first-order chi connectivity index (χ1) is 9.38. The highest BCUT2D eigenvalue weighted by atomic mass is 16.4. The van der Waals surface area contributed by atoms with Gasteiger partial charge in [-0.2, -0.15) is 0 Å². The molecule has 0 fully saturated rings. The van der Waals surface area contributed by atoms with E-state index in [1.165, 1.54) is 0 Å². The number of para-hydroxylation sites is 1. The zero-order valence-corrected chi connectivity index (χ0v) is 12.6. The molecule has 0 aromatic heterocycles. The number of aryl methyl sites for hydroxylation is 1. The molecule has 5 nitrogen and oxygen atoms in total. The molecule has 0 heterocycles. The summed E-state index contributed by atoms with van der Waals surface area (Å²) in [5, 5.41) is 13.5. The van der Waals surface area contributed by atoms with Crippen molar-refractivity contribution in [1.29, 1.82) is 0 Å². The average Bonchev–Trinajstić information content (AvgIpc) is 2.38. The highest BCUT2D eigenvalue weighted by molar-refractivity contribution is 5.95. The van der Waals surface area contributed by atoms with E-state index < -0.39 is 5.97 Å². The van der Waals surface area contributed by atoms with Crippen molar-refractivity contribution >= 4 is 17.6 Å². The van der Waals surface area contributed by atoms with Gasteiger partial charge >= 0.3 is 0 Å². The van der Waals surface area contributed by atoms with Crippen LogP contribution < -0.4 is 10.6 Å². The van der Waals surface area contributed by atoms with Gasteiger partial charge in [0.15, 0.2) is 0 Å². The summed E-state index contributed by atoms with van der Waals surface area (Å²) in [5.74, 6) is -0.817. The number of hydrogen-bond donors (Lipinski definition) is 3. The van der Waals surface area contributed by atoms with Crippen LogP contribution in [-0.2, 0) is 9.59 Å². The third-order valence-corrected chi connectivity index (χ3v) is 2.50. The molecule has 1 rings (SSSR count). The minimum Gasteiger partial charge on any atom is -0.481 e. The maximum atomic E-state index is 11.8.